The minimum Gasteiger partial charge on any atom is -0.381 e. The van der Waals surface area contributed by atoms with Crippen LogP contribution in [0.25, 0.3) is 10.6 Å². The number of thiazole rings is 1. The molecule has 1 aliphatic rings. The van der Waals surface area contributed by atoms with Crippen molar-refractivity contribution in [2.24, 2.45) is 0 Å². The number of hydrogen-bond acceptors (Lipinski definition) is 4. The molecule has 110 valence electrons. The maximum atomic E-state index is 12.4. The largest absolute Gasteiger partial charge is 0.381 e. The summed E-state index contributed by atoms with van der Waals surface area (Å²) < 4.78 is 5.35. The Morgan fingerprint density at radius 1 is 1.29 bits per heavy atom. The molecule has 0 atom stereocenters. The van der Waals surface area contributed by atoms with Gasteiger partial charge in [0.1, 0.15) is 9.88 Å². The summed E-state index contributed by atoms with van der Waals surface area (Å²) in [6.07, 6.45) is 3.36. The summed E-state index contributed by atoms with van der Waals surface area (Å²) in [6, 6.07) is 9.91. The van der Waals surface area contributed by atoms with Crippen LogP contribution in [0, 0.1) is 0 Å². The van der Waals surface area contributed by atoms with Crippen molar-refractivity contribution >= 4 is 17.2 Å². The molecule has 5 heteroatoms. The predicted molar refractivity (Wildman–Crippen MR) is 83.5 cm³/mol. The average Bonchev–Trinajstić information content (AvgIpc) is 2.98. The van der Waals surface area contributed by atoms with Gasteiger partial charge in [-0.2, -0.15) is 0 Å². The summed E-state index contributed by atoms with van der Waals surface area (Å²) in [4.78, 5) is 17.4. The average molecular weight is 302 g/mol. The maximum Gasteiger partial charge on any atom is 0.263 e. The summed E-state index contributed by atoms with van der Waals surface area (Å²) >= 11 is 1.43. The molecule has 1 aromatic heterocycles. The van der Waals surface area contributed by atoms with Crippen LogP contribution in [0.1, 0.15) is 29.4 Å². The van der Waals surface area contributed by atoms with E-state index in [2.05, 4.69) is 17.2 Å². The summed E-state index contributed by atoms with van der Waals surface area (Å²) in [7, 11) is 0. The monoisotopic (exact) mass is 302 g/mol. The van der Waals surface area contributed by atoms with Crippen LogP contribution in [0.3, 0.4) is 0 Å². The third-order valence-electron chi connectivity index (χ3n) is 3.76. The van der Waals surface area contributed by atoms with Gasteiger partial charge >= 0.3 is 0 Å². The van der Waals surface area contributed by atoms with E-state index >= 15 is 0 Å². The van der Waals surface area contributed by atoms with Crippen LogP contribution < -0.4 is 5.32 Å². The highest BCUT2D eigenvalue weighted by atomic mass is 32.1. The molecule has 0 aliphatic carbocycles. The highest BCUT2D eigenvalue weighted by Gasteiger charge is 2.29. The van der Waals surface area contributed by atoms with Crippen LogP contribution in [0.4, 0.5) is 0 Å². The van der Waals surface area contributed by atoms with Crippen LogP contribution in [0.5, 0.6) is 0 Å². The Kier molecular flexibility index (Phi) is 4.03. The van der Waals surface area contributed by atoms with E-state index in [1.54, 1.807) is 6.20 Å². The van der Waals surface area contributed by atoms with Crippen molar-refractivity contribution in [2.75, 3.05) is 13.2 Å². The lowest BCUT2D eigenvalue weighted by atomic mass is 9.92. The second-order valence-corrected chi connectivity index (χ2v) is 6.55. The molecule has 0 spiro atoms. The van der Waals surface area contributed by atoms with Crippen LogP contribution in [-0.2, 0) is 4.74 Å². The summed E-state index contributed by atoms with van der Waals surface area (Å²) in [5.74, 6) is -0.0425. The first-order valence-electron chi connectivity index (χ1n) is 7.08. The molecule has 0 saturated carbocycles. The third kappa shape index (κ3) is 3.31. The van der Waals surface area contributed by atoms with Gasteiger partial charge in [-0.15, -0.1) is 11.3 Å². The highest BCUT2D eigenvalue weighted by Crippen LogP contribution is 2.26. The number of rotatable bonds is 3. The number of carbonyl (C=O) groups is 1. The van der Waals surface area contributed by atoms with E-state index in [-0.39, 0.29) is 11.4 Å². The van der Waals surface area contributed by atoms with Gasteiger partial charge in [0, 0.05) is 24.3 Å². The van der Waals surface area contributed by atoms with Gasteiger partial charge in [-0.25, -0.2) is 4.98 Å². The van der Waals surface area contributed by atoms with Gasteiger partial charge in [-0.3, -0.25) is 4.79 Å². The number of hydrogen-bond donors (Lipinski definition) is 1. The Hall–Kier alpha value is -1.72. The molecule has 0 bridgehead atoms. The van der Waals surface area contributed by atoms with Gasteiger partial charge in [0.2, 0.25) is 0 Å². The van der Waals surface area contributed by atoms with Gasteiger partial charge in [0.05, 0.1) is 6.20 Å². The van der Waals surface area contributed by atoms with Gasteiger partial charge in [-0.05, 0) is 19.8 Å². The lowest BCUT2D eigenvalue weighted by Gasteiger charge is -2.34. The first-order chi connectivity index (χ1) is 10.2. The van der Waals surface area contributed by atoms with E-state index in [4.69, 9.17) is 4.74 Å². The molecule has 1 aliphatic heterocycles. The summed E-state index contributed by atoms with van der Waals surface area (Å²) in [6.45, 7) is 3.48. The predicted octanol–water partition coefficient (Wildman–Crippen LogP) is 3.11. The Bertz CT molecular complexity index is 618. The molecule has 0 radical (unpaired) electrons. The molecule has 21 heavy (non-hydrogen) atoms. The fourth-order valence-corrected chi connectivity index (χ4v) is 3.19. The topological polar surface area (TPSA) is 51.2 Å². The molecule has 1 fully saturated rings. The number of benzene rings is 1. The Morgan fingerprint density at radius 3 is 2.71 bits per heavy atom. The second kappa shape index (κ2) is 5.95. The van der Waals surface area contributed by atoms with Gasteiger partial charge < -0.3 is 10.1 Å². The lowest BCUT2D eigenvalue weighted by Crippen LogP contribution is -2.49. The fraction of sp³-hybridized carbons (Fsp3) is 0.375. The van der Waals surface area contributed by atoms with Crippen LogP contribution in [0.2, 0.25) is 0 Å². The van der Waals surface area contributed by atoms with Crippen molar-refractivity contribution in [1.29, 1.82) is 0 Å². The fourth-order valence-electron chi connectivity index (χ4n) is 2.38. The maximum absolute atomic E-state index is 12.4. The smallest absolute Gasteiger partial charge is 0.263 e. The highest BCUT2D eigenvalue weighted by molar-refractivity contribution is 7.16. The SMILES string of the molecule is CC1(NC(=O)c2cnc(-c3ccccc3)s2)CCOCC1. The molecule has 3 rings (SSSR count). The van der Waals surface area contributed by atoms with Gasteiger partial charge in [-0.1, -0.05) is 30.3 Å². The zero-order valence-electron chi connectivity index (χ0n) is 12.0. The number of nitrogens with one attached hydrogen (secondary N) is 1. The van der Waals surface area contributed by atoms with Crippen LogP contribution >= 0.6 is 11.3 Å². The molecular weight excluding hydrogens is 284 g/mol. The number of aromatic nitrogens is 1. The number of nitrogens with zero attached hydrogens (tertiary/aromatic N) is 1. The zero-order valence-corrected chi connectivity index (χ0v) is 12.8. The minimum atomic E-state index is -0.174. The van der Waals surface area contributed by atoms with Crippen molar-refractivity contribution in [3.8, 4) is 10.6 Å². The Labute approximate surface area is 128 Å². The first kappa shape index (κ1) is 14.2. The molecule has 0 unspecified atom stereocenters. The molecule has 1 aromatic carbocycles. The second-order valence-electron chi connectivity index (χ2n) is 5.52. The molecule has 4 nitrogen and oxygen atoms in total. The molecule has 2 heterocycles. The van der Waals surface area contributed by atoms with E-state index in [0.717, 1.165) is 23.4 Å². The summed E-state index contributed by atoms with van der Waals surface area (Å²) in [5, 5.41) is 4.00. The number of amides is 1. The van der Waals surface area contributed by atoms with Crippen molar-refractivity contribution in [2.45, 2.75) is 25.3 Å². The molecule has 1 amide bonds. The van der Waals surface area contributed by atoms with Gasteiger partial charge in [0.15, 0.2) is 0 Å². The van der Waals surface area contributed by atoms with Crippen molar-refractivity contribution < 1.29 is 9.53 Å². The molecule has 1 saturated heterocycles. The standard InChI is InChI=1S/C16H18N2O2S/c1-16(7-9-20-10-8-16)18-14(19)13-11-17-15(21-13)12-5-3-2-4-6-12/h2-6,11H,7-10H2,1H3,(H,18,19). The lowest BCUT2D eigenvalue weighted by molar-refractivity contribution is 0.0424. The molecule has 1 N–H and O–H groups in total. The zero-order chi connectivity index (χ0) is 14.7. The molecular formula is C16H18N2O2S. The van der Waals surface area contributed by atoms with E-state index < -0.39 is 0 Å². The van der Waals surface area contributed by atoms with Crippen molar-refractivity contribution in [3.63, 3.8) is 0 Å². The van der Waals surface area contributed by atoms with Crippen molar-refractivity contribution in [1.82, 2.24) is 10.3 Å². The van der Waals surface area contributed by atoms with E-state index in [9.17, 15) is 4.79 Å². The Morgan fingerprint density at radius 2 is 2.00 bits per heavy atom. The van der Waals surface area contributed by atoms with Crippen LogP contribution in [0.15, 0.2) is 36.5 Å². The van der Waals surface area contributed by atoms with Crippen LogP contribution in [-0.4, -0.2) is 29.6 Å². The third-order valence-corrected chi connectivity index (χ3v) is 4.81. The molecule has 2 aromatic rings. The van der Waals surface area contributed by atoms with Gasteiger partial charge in [0.25, 0.3) is 5.91 Å². The van der Waals surface area contributed by atoms with E-state index in [1.165, 1.54) is 11.3 Å². The van der Waals surface area contributed by atoms with E-state index in [1.807, 2.05) is 30.3 Å². The number of ether oxygens (including phenoxy) is 1. The first-order valence-corrected chi connectivity index (χ1v) is 7.89. The normalized spacial score (nSPS) is 17.4. The Balaban J connectivity index is 1.72. The quantitative estimate of drug-likeness (QED) is 0.948. The summed E-state index contributed by atoms with van der Waals surface area (Å²) in [5.41, 5.74) is 0.866. The van der Waals surface area contributed by atoms with Crippen molar-refractivity contribution in [3.05, 3.63) is 41.4 Å². The minimum absolute atomic E-state index is 0.0425. The number of carbonyl (C=O) groups excluding carboxylic acids is 1. The van der Waals surface area contributed by atoms with E-state index in [0.29, 0.717) is 18.1 Å².